The molecule has 0 unspecified atom stereocenters. The van der Waals surface area contributed by atoms with Crippen LogP contribution in [0.3, 0.4) is 0 Å². The largest absolute Gasteiger partial charge is 0.478 e. The second kappa shape index (κ2) is 8.49. The van der Waals surface area contributed by atoms with E-state index in [4.69, 9.17) is 0 Å². The van der Waals surface area contributed by atoms with Crippen LogP contribution in [0.4, 0.5) is 17.5 Å². The Morgan fingerprint density at radius 2 is 1.93 bits per heavy atom. The van der Waals surface area contributed by atoms with Crippen LogP contribution in [0.2, 0.25) is 0 Å². The standard InChI is InChI=1S/C17H15N7O4/c25-16(26)13-10-22-17(23-15(13)11-2-1-5-18-8-11)20-7-6-19-14-4-3-12(9-21-14)24(27)28/h1-5,8-10H,6-7H2,(H,19,21)(H,25,26)(H,20,22,23). The van der Waals surface area contributed by atoms with Crippen LogP contribution in [-0.4, -0.2) is 49.0 Å². The topological polar surface area (TPSA) is 156 Å². The second-order valence-corrected chi connectivity index (χ2v) is 5.52. The molecule has 11 nitrogen and oxygen atoms in total. The summed E-state index contributed by atoms with van der Waals surface area (Å²) in [4.78, 5) is 37.7. The molecule has 0 aromatic carbocycles. The van der Waals surface area contributed by atoms with E-state index >= 15 is 0 Å². The van der Waals surface area contributed by atoms with Crippen LogP contribution in [-0.2, 0) is 0 Å². The van der Waals surface area contributed by atoms with Gasteiger partial charge in [-0.1, -0.05) is 0 Å². The summed E-state index contributed by atoms with van der Waals surface area (Å²) in [5.41, 5.74) is 0.729. The van der Waals surface area contributed by atoms with Gasteiger partial charge in [0, 0.05) is 43.3 Å². The van der Waals surface area contributed by atoms with Gasteiger partial charge in [-0.2, -0.15) is 0 Å². The van der Waals surface area contributed by atoms with E-state index in [1.165, 1.54) is 30.7 Å². The van der Waals surface area contributed by atoms with Crippen molar-refractivity contribution in [2.75, 3.05) is 23.7 Å². The molecule has 3 aromatic rings. The van der Waals surface area contributed by atoms with E-state index in [9.17, 15) is 20.0 Å². The first kappa shape index (κ1) is 18.6. The Hall–Kier alpha value is -4.15. The third kappa shape index (κ3) is 4.52. The van der Waals surface area contributed by atoms with Crippen molar-refractivity contribution in [1.29, 1.82) is 0 Å². The van der Waals surface area contributed by atoms with Gasteiger partial charge in [0.1, 0.15) is 17.6 Å². The molecule has 3 aromatic heterocycles. The minimum absolute atomic E-state index is 0.0215. The van der Waals surface area contributed by atoms with Gasteiger partial charge in [0.05, 0.1) is 10.6 Å². The number of hydrogen-bond acceptors (Lipinski definition) is 9. The molecule has 0 saturated carbocycles. The van der Waals surface area contributed by atoms with Crippen molar-refractivity contribution in [2.45, 2.75) is 0 Å². The van der Waals surface area contributed by atoms with Crippen molar-refractivity contribution in [1.82, 2.24) is 19.9 Å². The number of pyridine rings is 2. The maximum Gasteiger partial charge on any atom is 0.339 e. The summed E-state index contributed by atoms with van der Waals surface area (Å²) in [6.07, 6.45) is 5.53. The Morgan fingerprint density at radius 3 is 2.57 bits per heavy atom. The molecule has 28 heavy (non-hydrogen) atoms. The predicted octanol–water partition coefficient (Wildman–Crippen LogP) is 2.06. The number of hydrogen-bond donors (Lipinski definition) is 3. The maximum atomic E-state index is 11.4. The monoisotopic (exact) mass is 381 g/mol. The summed E-state index contributed by atoms with van der Waals surface area (Å²) in [5.74, 6) is -0.371. The Balaban J connectivity index is 1.63. The fourth-order valence-corrected chi connectivity index (χ4v) is 2.31. The number of aromatic nitrogens is 4. The van der Waals surface area contributed by atoms with Crippen LogP contribution >= 0.6 is 0 Å². The molecule has 142 valence electrons. The highest BCUT2D eigenvalue weighted by atomic mass is 16.6. The summed E-state index contributed by atoms with van der Waals surface area (Å²) in [5, 5.41) is 25.9. The lowest BCUT2D eigenvalue weighted by Crippen LogP contribution is -2.16. The summed E-state index contributed by atoms with van der Waals surface area (Å²) in [7, 11) is 0. The van der Waals surface area contributed by atoms with Crippen molar-refractivity contribution in [3.8, 4) is 11.3 Å². The van der Waals surface area contributed by atoms with E-state index in [-0.39, 0.29) is 22.9 Å². The first-order valence-corrected chi connectivity index (χ1v) is 8.13. The van der Waals surface area contributed by atoms with Gasteiger partial charge in [0.15, 0.2) is 0 Å². The fraction of sp³-hybridized carbons (Fsp3) is 0.118. The van der Waals surface area contributed by atoms with E-state index in [2.05, 4.69) is 30.6 Å². The lowest BCUT2D eigenvalue weighted by atomic mass is 10.1. The first-order valence-electron chi connectivity index (χ1n) is 8.13. The molecule has 0 fully saturated rings. The molecule has 0 bridgehead atoms. The van der Waals surface area contributed by atoms with E-state index in [0.29, 0.717) is 24.5 Å². The number of carbonyl (C=O) groups is 1. The van der Waals surface area contributed by atoms with Crippen LogP contribution in [0.1, 0.15) is 10.4 Å². The lowest BCUT2D eigenvalue weighted by molar-refractivity contribution is -0.385. The van der Waals surface area contributed by atoms with Gasteiger partial charge in [-0.3, -0.25) is 15.1 Å². The quantitative estimate of drug-likeness (QED) is 0.300. The summed E-state index contributed by atoms with van der Waals surface area (Å²) in [6, 6.07) is 6.28. The van der Waals surface area contributed by atoms with E-state index in [1.807, 2.05) is 0 Å². The van der Waals surface area contributed by atoms with Gasteiger partial charge in [-0.05, 0) is 18.2 Å². The van der Waals surface area contributed by atoms with Crippen LogP contribution in [0.15, 0.2) is 49.1 Å². The first-order chi connectivity index (χ1) is 13.5. The van der Waals surface area contributed by atoms with Crippen LogP contribution in [0.25, 0.3) is 11.3 Å². The van der Waals surface area contributed by atoms with E-state index in [1.54, 1.807) is 18.3 Å². The van der Waals surface area contributed by atoms with Gasteiger partial charge in [-0.25, -0.2) is 19.7 Å². The maximum absolute atomic E-state index is 11.4. The van der Waals surface area contributed by atoms with Crippen LogP contribution in [0, 0.1) is 10.1 Å². The van der Waals surface area contributed by atoms with Gasteiger partial charge in [0.25, 0.3) is 5.69 Å². The van der Waals surface area contributed by atoms with Gasteiger partial charge < -0.3 is 15.7 Å². The lowest BCUT2D eigenvalue weighted by Gasteiger charge is -2.10. The molecule has 0 radical (unpaired) electrons. The van der Waals surface area contributed by atoms with E-state index in [0.717, 1.165) is 0 Å². The summed E-state index contributed by atoms with van der Waals surface area (Å²) in [6.45, 7) is 0.856. The minimum Gasteiger partial charge on any atom is -0.478 e. The van der Waals surface area contributed by atoms with Crippen molar-refractivity contribution < 1.29 is 14.8 Å². The van der Waals surface area contributed by atoms with Gasteiger partial charge in [-0.15, -0.1) is 0 Å². The van der Waals surface area contributed by atoms with Gasteiger partial charge >= 0.3 is 5.97 Å². The zero-order valence-corrected chi connectivity index (χ0v) is 14.4. The zero-order valence-electron chi connectivity index (χ0n) is 14.4. The molecule has 0 aliphatic carbocycles. The normalized spacial score (nSPS) is 10.3. The summed E-state index contributed by atoms with van der Waals surface area (Å²) < 4.78 is 0. The Kier molecular flexibility index (Phi) is 5.65. The average molecular weight is 381 g/mol. The third-order valence-corrected chi connectivity index (χ3v) is 3.63. The number of anilines is 2. The molecular weight excluding hydrogens is 366 g/mol. The van der Waals surface area contributed by atoms with Gasteiger partial charge in [0.2, 0.25) is 5.95 Å². The number of carboxylic acids is 1. The highest BCUT2D eigenvalue weighted by molar-refractivity contribution is 5.94. The molecule has 3 rings (SSSR count). The number of nitrogens with one attached hydrogen (secondary N) is 2. The molecule has 0 spiro atoms. The highest BCUT2D eigenvalue weighted by Gasteiger charge is 2.15. The number of carboxylic acid groups (broad SMARTS) is 1. The molecule has 0 atom stereocenters. The fourth-order valence-electron chi connectivity index (χ4n) is 2.31. The average Bonchev–Trinajstić information content (AvgIpc) is 2.72. The summed E-state index contributed by atoms with van der Waals surface area (Å²) >= 11 is 0. The van der Waals surface area contributed by atoms with E-state index < -0.39 is 10.9 Å². The molecular formula is C17H15N7O4. The zero-order chi connectivity index (χ0) is 19.9. The Labute approximate surface area is 158 Å². The minimum atomic E-state index is -1.13. The van der Waals surface area contributed by atoms with Crippen molar-refractivity contribution >= 4 is 23.4 Å². The Morgan fingerprint density at radius 1 is 1.11 bits per heavy atom. The van der Waals surface area contributed by atoms with Crippen LogP contribution in [0.5, 0.6) is 0 Å². The number of nitrogens with zero attached hydrogens (tertiary/aromatic N) is 5. The molecule has 3 N–H and O–H groups in total. The highest BCUT2D eigenvalue weighted by Crippen LogP contribution is 2.21. The molecule has 0 aliphatic heterocycles. The SMILES string of the molecule is O=C(O)c1cnc(NCCNc2ccc([N+](=O)[O-])cn2)nc1-c1cccnc1. The van der Waals surface area contributed by atoms with Crippen molar-refractivity contribution in [3.63, 3.8) is 0 Å². The molecule has 11 heteroatoms. The molecule has 0 amide bonds. The smallest absolute Gasteiger partial charge is 0.339 e. The Bertz CT molecular complexity index is 981. The van der Waals surface area contributed by atoms with Crippen molar-refractivity contribution in [2.24, 2.45) is 0 Å². The number of rotatable bonds is 8. The molecule has 3 heterocycles. The molecule has 0 saturated heterocycles. The van der Waals surface area contributed by atoms with Crippen molar-refractivity contribution in [3.05, 3.63) is 64.7 Å². The molecule has 0 aliphatic rings. The third-order valence-electron chi connectivity index (χ3n) is 3.63. The number of aromatic carboxylic acids is 1. The number of nitro groups is 1. The second-order valence-electron chi connectivity index (χ2n) is 5.52. The predicted molar refractivity (Wildman–Crippen MR) is 100 cm³/mol. The van der Waals surface area contributed by atoms with Crippen LogP contribution < -0.4 is 10.6 Å².